The molecule has 0 aliphatic heterocycles. The highest BCUT2D eigenvalue weighted by Crippen LogP contribution is 2.44. The molecule has 8 heteroatoms. The maximum atomic E-state index is 12.7. The molecule has 3 unspecified atom stereocenters. The fourth-order valence-electron chi connectivity index (χ4n) is 4.04. The summed E-state index contributed by atoms with van der Waals surface area (Å²) in [5.41, 5.74) is 4.42. The number of benzene rings is 2. The van der Waals surface area contributed by atoms with Crippen molar-refractivity contribution in [2.75, 3.05) is 20.3 Å². The molecule has 1 aliphatic rings. The van der Waals surface area contributed by atoms with Crippen LogP contribution >= 0.6 is 0 Å². The first kappa shape index (κ1) is 24.3. The predicted octanol–water partition coefficient (Wildman–Crippen LogP) is 3.16. The normalized spacial score (nSPS) is 15.0. The van der Waals surface area contributed by atoms with Gasteiger partial charge in [-0.05, 0) is 35.6 Å². The van der Waals surface area contributed by atoms with Crippen LogP contribution in [-0.2, 0) is 19.1 Å². The predicted molar refractivity (Wildman–Crippen MR) is 123 cm³/mol. The van der Waals surface area contributed by atoms with Gasteiger partial charge in [0, 0.05) is 19.6 Å². The second-order valence-corrected chi connectivity index (χ2v) is 8.08. The Morgan fingerprint density at radius 2 is 1.61 bits per heavy atom. The van der Waals surface area contributed by atoms with E-state index in [1.165, 1.54) is 7.11 Å². The highest BCUT2D eigenvalue weighted by molar-refractivity contribution is 5.86. The van der Waals surface area contributed by atoms with Crippen molar-refractivity contribution in [2.45, 2.75) is 38.3 Å². The van der Waals surface area contributed by atoms with Crippen LogP contribution < -0.4 is 10.6 Å². The standard InChI is InChI=1S/C25H30N2O6/c1-4-16(24(29)30)13-26-23(28)22(15(2)32-3)27-25(31)33-14-21-19-11-7-5-9-17(19)18-10-6-8-12-20(18)21/h5-12,15-16,21-22H,4,13-14H2,1-3H3,(H,26,28)(H,27,31)(H,29,30). The Hall–Kier alpha value is -3.39. The van der Waals surface area contributed by atoms with Crippen LogP contribution in [0.4, 0.5) is 4.79 Å². The largest absolute Gasteiger partial charge is 0.481 e. The Morgan fingerprint density at radius 3 is 2.12 bits per heavy atom. The van der Waals surface area contributed by atoms with Gasteiger partial charge in [0.25, 0.3) is 0 Å². The molecule has 0 fully saturated rings. The van der Waals surface area contributed by atoms with Crippen LogP contribution in [0, 0.1) is 5.92 Å². The van der Waals surface area contributed by atoms with E-state index in [4.69, 9.17) is 9.47 Å². The molecule has 2 aromatic carbocycles. The van der Waals surface area contributed by atoms with Crippen LogP contribution in [0.2, 0.25) is 0 Å². The van der Waals surface area contributed by atoms with Gasteiger partial charge >= 0.3 is 12.1 Å². The number of carboxylic acids is 1. The number of rotatable bonds is 10. The number of carbonyl (C=O) groups excluding carboxylic acids is 2. The molecule has 3 atom stereocenters. The quantitative estimate of drug-likeness (QED) is 0.508. The van der Waals surface area contributed by atoms with E-state index in [-0.39, 0.29) is 19.1 Å². The lowest BCUT2D eigenvalue weighted by Gasteiger charge is -2.24. The molecular weight excluding hydrogens is 424 g/mol. The van der Waals surface area contributed by atoms with Crippen LogP contribution in [0.15, 0.2) is 48.5 Å². The van der Waals surface area contributed by atoms with Crippen molar-refractivity contribution in [3.63, 3.8) is 0 Å². The third-order valence-corrected chi connectivity index (χ3v) is 6.11. The summed E-state index contributed by atoms with van der Waals surface area (Å²) in [6.07, 6.45) is -1.01. The van der Waals surface area contributed by atoms with Crippen molar-refractivity contribution in [1.82, 2.24) is 10.6 Å². The third-order valence-electron chi connectivity index (χ3n) is 6.11. The number of hydrogen-bond acceptors (Lipinski definition) is 5. The van der Waals surface area contributed by atoms with Crippen molar-refractivity contribution in [3.05, 3.63) is 59.7 Å². The summed E-state index contributed by atoms with van der Waals surface area (Å²) in [4.78, 5) is 36.5. The molecule has 3 N–H and O–H groups in total. The number of fused-ring (bicyclic) bond motifs is 3. The number of hydrogen-bond donors (Lipinski definition) is 3. The average molecular weight is 455 g/mol. The molecule has 0 radical (unpaired) electrons. The second-order valence-electron chi connectivity index (χ2n) is 8.08. The van der Waals surface area contributed by atoms with E-state index in [9.17, 15) is 19.5 Å². The first-order chi connectivity index (χ1) is 15.9. The fourth-order valence-corrected chi connectivity index (χ4v) is 4.04. The molecule has 0 saturated heterocycles. The molecule has 0 spiro atoms. The van der Waals surface area contributed by atoms with E-state index in [0.717, 1.165) is 22.3 Å². The van der Waals surface area contributed by atoms with Gasteiger partial charge in [-0.2, -0.15) is 0 Å². The number of carbonyl (C=O) groups is 3. The smallest absolute Gasteiger partial charge is 0.407 e. The summed E-state index contributed by atoms with van der Waals surface area (Å²) in [5, 5.41) is 14.3. The fraction of sp³-hybridized carbons (Fsp3) is 0.400. The molecule has 33 heavy (non-hydrogen) atoms. The number of alkyl carbamates (subject to hydrolysis) is 1. The third kappa shape index (κ3) is 5.51. The molecule has 2 amide bonds. The van der Waals surface area contributed by atoms with Gasteiger partial charge in [-0.15, -0.1) is 0 Å². The highest BCUT2D eigenvalue weighted by atomic mass is 16.5. The van der Waals surface area contributed by atoms with Crippen LogP contribution in [0.25, 0.3) is 11.1 Å². The molecule has 0 heterocycles. The first-order valence-corrected chi connectivity index (χ1v) is 11.0. The Bertz CT molecular complexity index is 962. The zero-order valence-electron chi connectivity index (χ0n) is 19.0. The van der Waals surface area contributed by atoms with Crippen molar-refractivity contribution in [1.29, 1.82) is 0 Å². The molecule has 8 nitrogen and oxygen atoms in total. The number of methoxy groups -OCH3 is 1. The minimum absolute atomic E-state index is 0.0377. The summed E-state index contributed by atoms with van der Waals surface area (Å²) in [6, 6.07) is 15.0. The molecule has 3 rings (SSSR count). The van der Waals surface area contributed by atoms with Crippen LogP contribution in [0.5, 0.6) is 0 Å². The number of nitrogens with one attached hydrogen (secondary N) is 2. The topological polar surface area (TPSA) is 114 Å². The molecule has 1 aliphatic carbocycles. The Labute approximate surface area is 193 Å². The summed E-state index contributed by atoms with van der Waals surface area (Å²) >= 11 is 0. The SMILES string of the molecule is CCC(CNC(=O)C(NC(=O)OCC1c2ccccc2-c2ccccc21)C(C)OC)C(=O)O. The number of ether oxygens (including phenoxy) is 2. The first-order valence-electron chi connectivity index (χ1n) is 11.0. The van der Waals surface area contributed by atoms with Gasteiger partial charge in [0.15, 0.2) is 0 Å². The lowest BCUT2D eigenvalue weighted by atomic mass is 9.98. The second kappa shape index (κ2) is 11.0. The van der Waals surface area contributed by atoms with Gasteiger partial charge in [0.05, 0.1) is 12.0 Å². The van der Waals surface area contributed by atoms with Crippen LogP contribution in [0.1, 0.15) is 37.3 Å². The van der Waals surface area contributed by atoms with Crippen molar-refractivity contribution in [2.24, 2.45) is 5.92 Å². The molecule has 0 bridgehead atoms. The number of amides is 2. The number of aliphatic carboxylic acids is 1. The summed E-state index contributed by atoms with van der Waals surface area (Å²) in [6.45, 7) is 3.45. The van der Waals surface area contributed by atoms with E-state index < -0.39 is 36.0 Å². The van der Waals surface area contributed by atoms with E-state index in [1.807, 2.05) is 36.4 Å². The number of carboxylic acid groups (broad SMARTS) is 1. The Kier molecular flexibility index (Phi) is 8.06. The van der Waals surface area contributed by atoms with Gasteiger partial charge in [0.2, 0.25) is 5.91 Å². The highest BCUT2D eigenvalue weighted by Gasteiger charge is 2.31. The van der Waals surface area contributed by atoms with E-state index in [2.05, 4.69) is 22.8 Å². The van der Waals surface area contributed by atoms with Crippen molar-refractivity contribution >= 4 is 18.0 Å². The molecule has 2 aromatic rings. The zero-order chi connectivity index (χ0) is 24.0. The minimum atomic E-state index is -1.03. The molecule has 176 valence electrons. The van der Waals surface area contributed by atoms with E-state index in [0.29, 0.717) is 6.42 Å². The van der Waals surface area contributed by atoms with Crippen LogP contribution in [0.3, 0.4) is 0 Å². The molecule has 0 aromatic heterocycles. The van der Waals surface area contributed by atoms with Crippen molar-refractivity contribution in [3.8, 4) is 11.1 Å². The van der Waals surface area contributed by atoms with Crippen molar-refractivity contribution < 1.29 is 29.0 Å². The zero-order valence-corrected chi connectivity index (χ0v) is 19.0. The van der Waals surface area contributed by atoms with Crippen LogP contribution in [-0.4, -0.2) is 55.5 Å². The van der Waals surface area contributed by atoms with Gasteiger partial charge < -0.3 is 25.2 Å². The minimum Gasteiger partial charge on any atom is -0.481 e. The van der Waals surface area contributed by atoms with Gasteiger partial charge in [0.1, 0.15) is 12.6 Å². The lowest BCUT2D eigenvalue weighted by molar-refractivity contribution is -0.141. The monoisotopic (exact) mass is 454 g/mol. The lowest BCUT2D eigenvalue weighted by Crippen LogP contribution is -2.54. The Balaban J connectivity index is 1.64. The average Bonchev–Trinajstić information content (AvgIpc) is 3.14. The Morgan fingerprint density at radius 1 is 1.03 bits per heavy atom. The van der Waals surface area contributed by atoms with Gasteiger partial charge in [-0.3, -0.25) is 9.59 Å². The molecule has 0 saturated carbocycles. The maximum Gasteiger partial charge on any atom is 0.407 e. The summed E-state index contributed by atoms with van der Waals surface area (Å²) in [7, 11) is 1.43. The molecular formula is C25H30N2O6. The van der Waals surface area contributed by atoms with Gasteiger partial charge in [-0.1, -0.05) is 55.5 Å². The maximum absolute atomic E-state index is 12.7. The van der Waals surface area contributed by atoms with Gasteiger partial charge in [-0.25, -0.2) is 4.79 Å². The van der Waals surface area contributed by atoms with E-state index in [1.54, 1.807) is 13.8 Å². The summed E-state index contributed by atoms with van der Waals surface area (Å²) < 4.78 is 10.8. The van der Waals surface area contributed by atoms with E-state index >= 15 is 0 Å². The summed E-state index contributed by atoms with van der Waals surface area (Å²) in [5.74, 6) is -2.32.